The second kappa shape index (κ2) is 11.6. The molecule has 4 aromatic rings. The molecule has 4 aromatic carbocycles. The third-order valence-corrected chi connectivity index (χ3v) is 13.9. The summed E-state index contributed by atoms with van der Waals surface area (Å²) in [5.74, 6) is 0.397. The van der Waals surface area contributed by atoms with Gasteiger partial charge in [-0.05, 0) is 22.0 Å². The Morgan fingerprint density at radius 2 is 0.829 bits per heavy atom. The number of benzene rings is 4. The van der Waals surface area contributed by atoms with Gasteiger partial charge in [0.05, 0.1) is 0 Å². The van der Waals surface area contributed by atoms with Crippen molar-refractivity contribution in [2.75, 3.05) is 0 Å². The van der Waals surface area contributed by atoms with Gasteiger partial charge in [0.15, 0.2) is 0 Å². The number of hydrogen-bond acceptors (Lipinski definition) is 2. The number of phenols is 1. The van der Waals surface area contributed by atoms with E-state index in [1.165, 1.54) is 10.7 Å². The number of hydrogen-bond donors (Lipinski definition) is 1. The summed E-state index contributed by atoms with van der Waals surface area (Å²) in [4.78, 5) is 0.799. The summed E-state index contributed by atoms with van der Waals surface area (Å²) in [6, 6.07) is 36.7. The van der Waals surface area contributed by atoms with Gasteiger partial charge in [-0.25, -0.2) is 0 Å². The van der Waals surface area contributed by atoms with Gasteiger partial charge in [0, 0.05) is 0 Å². The van der Waals surface area contributed by atoms with Crippen molar-refractivity contribution in [3.63, 3.8) is 0 Å². The monoisotopic (exact) mass is 588 g/mol. The van der Waals surface area contributed by atoms with Gasteiger partial charge in [0.25, 0.3) is 0 Å². The van der Waals surface area contributed by atoms with Crippen molar-refractivity contribution in [3.05, 3.63) is 114 Å². The first-order valence-electron chi connectivity index (χ1n) is 12.1. The third kappa shape index (κ3) is 7.34. The van der Waals surface area contributed by atoms with Crippen LogP contribution in [-0.2, 0) is 23.5 Å². The maximum absolute atomic E-state index is 10.3. The standard InChI is InChI=1S/C14H22OS.3C6H5.Sn/c1-13(2,3)10-7-9(16)8-11(12(10)15)14(4,5)6;3*1-2-4-6-5-3-1;/h7-8,15-16H,1-6H3;3*1-5H;/q;;;;+1/p-1. The van der Waals surface area contributed by atoms with E-state index in [1.54, 1.807) is 0 Å². The van der Waals surface area contributed by atoms with Crippen LogP contribution < -0.4 is 10.7 Å². The molecule has 1 N–H and O–H groups in total. The zero-order valence-corrected chi connectivity index (χ0v) is 25.3. The van der Waals surface area contributed by atoms with E-state index in [-0.39, 0.29) is 10.8 Å². The maximum atomic E-state index is 10.3. The summed E-state index contributed by atoms with van der Waals surface area (Å²) >= 11 is 3.29. The molecular weight excluding hydrogens is 551 g/mol. The number of aromatic hydroxyl groups is 1. The summed E-state index contributed by atoms with van der Waals surface area (Å²) in [6.45, 7) is 12.5. The zero-order valence-electron chi connectivity index (χ0n) is 21.7. The van der Waals surface area contributed by atoms with Crippen LogP contribution in [0.3, 0.4) is 0 Å². The molecule has 180 valence electrons. The van der Waals surface area contributed by atoms with E-state index in [2.05, 4.69) is 133 Å². The van der Waals surface area contributed by atoms with Gasteiger partial charge >= 0.3 is 121 Å². The first-order chi connectivity index (χ1) is 16.5. The molecule has 1 nitrogen and oxygen atoms in total. The molecule has 0 aliphatic rings. The molecule has 0 atom stereocenters. The Kier molecular flexibility index (Phi) is 9.06. The quantitative estimate of drug-likeness (QED) is 0.231. The summed E-state index contributed by atoms with van der Waals surface area (Å²) in [5, 5.41) is 10.3. The number of phenolic OH excluding ortho intramolecular Hbond substituents is 1. The van der Waals surface area contributed by atoms with Crippen LogP contribution in [0.5, 0.6) is 5.75 Å². The van der Waals surface area contributed by atoms with Gasteiger partial charge in [-0.1, -0.05) is 53.7 Å². The van der Waals surface area contributed by atoms with Crippen molar-refractivity contribution in [1.29, 1.82) is 0 Å². The van der Waals surface area contributed by atoms with Crippen LogP contribution >= 0.6 is 0 Å². The molecule has 3 heteroatoms. The zero-order chi connectivity index (χ0) is 25.6. The normalized spacial score (nSPS) is 11.4. The topological polar surface area (TPSA) is 20.2 Å². The van der Waals surface area contributed by atoms with Gasteiger partial charge < -0.3 is 17.7 Å². The molecule has 0 saturated heterocycles. The van der Waals surface area contributed by atoms with E-state index in [4.69, 9.17) is 12.6 Å². The fourth-order valence-electron chi connectivity index (χ4n) is 4.07. The summed E-state index contributed by atoms with van der Waals surface area (Å²) in [7, 11) is 0. The first kappa shape index (κ1) is 27.3. The molecule has 0 radical (unpaired) electrons. The molecule has 0 bridgehead atoms. The van der Waals surface area contributed by atoms with Crippen LogP contribution in [0.2, 0.25) is 0 Å². The van der Waals surface area contributed by atoms with Crippen molar-refractivity contribution >= 4 is 43.1 Å². The van der Waals surface area contributed by atoms with Crippen LogP contribution in [0.1, 0.15) is 52.7 Å². The van der Waals surface area contributed by atoms with Crippen molar-refractivity contribution in [2.24, 2.45) is 0 Å². The van der Waals surface area contributed by atoms with Crippen LogP contribution in [0.4, 0.5) is 0 Å². The van der Waals surface area contributed by atoms with Gasteiger partial charge in [0.1, 0.15) is 5.75 Å². The average molecular weight is 587 g/mol. The van der Waals surface area contributed by atoms with E-state index in [0.29, 0.717) is 5.75 Å². The molecule has 0 fully saturated rings. The minimum atomic E-state index is -1.98. The van der Waals surface area contributed by atoms with E-state index in [0.717, 1.165) is 16.0 Å². The molecule has 0 heterocycles. The Hall–Kier alpha value is -2.30. The van der Waals surface area contributed by atoms with E-state index >= 15 is 0 Å². The van der Waals surface area contributed by atoms with Crippen LogP contribution in [0.15, 0.2) is 108 Å². The molecule has 0 spiro atoms. The second-order valence-corrected chi connectivity index (χ2v) is 18.4. The van der Waals surface area contributed by atoms with Crippen molar-refractivity contribution in [1.82, 2.24) is 0 Å². The molecule has 0 unspecified atom stereocenters. The molecule has 35 heavy (non-hydrogen) atoms. The Morgan fingerprint density at radius 1 is 0.543 bits per heavy atom. The fourth-order valence-corrected chi connectivity index (χ4v) is 11.7. The third-order valence-electron chi connectivity index (χ3n) is 5.89. The molecule has 0 saturated carbocycles. The Labute approximate surface area is 224 Å². The molecule has 0 aromatic heterocycles. The van der Waals surface area contributed by atoms with Crippen molar-refractivity contribution in [2.45, 2.75) is 57.3 Å². The SMILES string of the molecule is CC(C)(C)c1cc([S-])cc(C(C)(C)C)c1O.c1cc[c]([Sn+]([c]2ccccc2)[c]2ccccc2)cc1. The molecule has 4 rings (SSSR count). The van der Waals surface area contributed by atoms with Gasteiger partial charge in [-0.3, -0.25) is 0 Å². The molecule has 0 aliphatic carbocycles. The first-order valence-corrected chi connectivity index (χ1v) is 16.8. The summed E-state index contributed by atoms with van der Waals surface area (Å²) in [6.07, 6.45) is 0. The van der Waals surface area contributed by atoms with E-state index < -0.39 is 19.8 Å². The summed E-state index contributed by atoms with van der Waals surface area (Å²) in [5.41, 5.74) is 1.70. The minimum absolute atomic E-state index is 0.0844. The van der Waals surface area contributed by atoms with Gasteiger partial charge in [-0.15, -0.1) is 0 Å². The van der Waals surface area contributed by atoms with Crippen LogP contribution in [0, 0.1) is 0 Å². The Balaban J connectivity index is 0.000000199. The van der Waals surface area contributed by atoms with Crippen molar-refractivity contribution in [3.8, 4) is 5.75 Å². The molecule has 0 aliphatic heterocycles. The molecular formula is C32H36OSSn. The average Bonchev–Trinajstić information content (AvgIpc) is 2.82. The predicted octanol–water partition coefficient (Wildman–Crippen LogP) is 6.10. The Bertz CT molecular complexity index is 1080. The van der Waals surface area contributed by atoms with E-state index in [9.17, 15) is 5.11 Å². The van der Waals surface area contributed by atoms with E-state index in [1.807, 2.05) is 12.1 Å². The van der Waals surface area contributed by atoms with Crippen LogP contribution in [0.25, 0.3) is 0 Å². The fraction of sp³-hybridized carbons (Fsp3) is 0.250. The number of rotatable bonds is 3. The second-order valence-electron chi connectivity index (χ2n) is 10.8. The molecule has 0 amide bonds. The predicted molar refractivity (Wildman–Crippen MR) is 155 cm³/mol. The summed E-state index contributed by atoms with van der Waals surface area (Å²) < 4.78 is 4.59. The van der Waals surface area contributed by atoms with Gasteiger partial charge in [-0.2, -0.15) is 4.90 Å². The van der Waals surface area contributed by atoms with Crippen LogP contribution in [-0.4, -0.2) is 24.9 Å². The van der Waals surface area contributed by atoms with Crippen molar-refractivity contribution < 1.29 is 5.11 Å². The van der Waals surface area contributed by atoms with Gasteiger partial charge in [0.2, 0.25) is 0 Å². The Morgan fingerprint density at radius 3 is 1.09 bits per heavy atom.